The zero-order valence-corrected chi connectivity index (χ0v) is 10.6. The molecule has 0 aliphatic rings. The predicted octanol–water partition coefficient (Wildman–Crippen LogP) is 0.444. The number of hydrogen-bond donors (Lipinski definition) is 1. The molecule has 0 saturated carbocycles. The lowest BCUT2D eigenvalue weighted by atomic mass is 10.4. The Bertz CT molecular complexity index is 412. The SMILES string of the molecule is COC(=O)c1cncc(NCCCS(C)=O)n1. The molecule has 1 N–H and O–H groups in total. The van der Waals surface area contributed by atoms with Crippen LogP contribution in [0.5, 0.6) is 0 Å². The van der Waals surface area contributed by atoms with E-state index in [4.69, 9.17) is 0 Å². The molecule has 0 spiro atoms. The third-order valence-corrected chi connectivity index (χ3v) is 2.81. The van der Waals surface area contributed by atoms with Crippen LogP contribution in [-0.4, -0.2) is 45.8 Å². The van der Waals surface area contributed by atoms with Gasteiger partial charge in [-0.1, -0.05) is 0 Å². The Morgan fingerprint density at radius 1 is 1.53 bits per heavy atom. The number of anilines is 1. The third-order valence-electron chi connectivity index (χ3n) is 1.94. The van der Waals surface area contributed by atoms with Gasteiger partial charge in [0.05, 0.1) is 19.5 Å². The zero-order valence-electron chi connectivity index (χ0n) is 9.80. The van der Waals surface area contributed by atoms with Crippen LogP contribution in [0.2, 0.25) is 0 Å². The molecule has 0 saturated heterocycles. The molecule has 1 aromatic rings. The van der Waals surface area contributed by atoms with Crippen LogP contribution in [0.4, 0.5) is 5.82 Å². The average molecular weight is 257 g/mol. The molecule has 0 fully saturated rings. The summed E-state index contributed by atoms with van der Waals surface area (Å²) in [6, 6.07) is 0. The van der Waals surface area contributed by atoms with E-state index in [0.29, 0.717) is 18.1 Å². The quantitative estimate of drug-likeness (QED) is 0.588. The largest absolute Gasteiger partial charge is 0.464 e. The molecule has 0 radical (unpaired) electrons. The van der Waals surface area contributed by atoms with Gasteiger partial charge < -0.3 is 10.1 Å². The fourth-order valence-electron chi connectivity index (χ4n) is 1.15. The standard InChI is InChI=1S/C10H15N3O3S/c1-16-10(14)8-6-11-7-9(13-8)12-4-3-5-17(2)15/h6-7H,3-5H2,1-2H3,(H,12,13). The Morgan fingerprint density at radius 3 is 2.94 bits per heavy atom. The van der Waals surface area contributed by atoms with Gasteiger partial charge in [0, 0.05) is 29.4 Å². The van der Waals surface area contributed by atoms with Crippen molar-refractivity contribution >= 4 is 22.6 Å². The lowest BCUT2D eigenvalue weighted by Gasteiger charge is -2.05. The summed E-state index contributed by atoms with van der Waals surface area (Å²) in [6.07, 6.45) is 5.30. The Balaban J connectivity index is 2.48. The van der Waals surface area contributed by atoms with E-state index in [1.165, 1.54) is 19.5 Å². The number of esters is 1. The minimum absolute atomic E-state index is 0.163. The van der Waals surface area contributed by atoms with Gasteiger partial charge in [-0.3, -0.25) is 9.19 Å². The fraction of sp³-hybridized carbons (Fsp3) is 0.500. The van der Waals surface area contributed by atoms with Crippen LogP contribution >= 0.6 is 0 Å². The van der Waals surface area contributed by atoms with E-state index < -0.39 is 16.8 Å². The normalized spacial score (nSPS) is 11.9. The molecule has 1 unspecified atom stereocenters. The highest BCUT2D eigenvalue weighted by atomic mass is 32.2. The molecule has 1 atom stereocenters. The monoisotopic (exact) mass is 257 g/mol. The van der Waals surface area contributed by atoms with Gasteiger partial charge in [0.15, 0.2) is 5.69 Å². The van der Waals surface area contributed by atoms with Gasteiger partial charge in [-0.15, -0.1) is 0 Å². The number of ether oxygens (including phenoxy) is 1. The lowest BCUT2D eigenvalue weighted by molar-refractivity contribution is 0.0593. The van der Waals surface area contributed by atoms with Gasteiger partial charge in [-0.25, -0.2) is 9.78 Å². The first-order valence-electron chi connectivity index (χ1n) is 5.07. The van der Waals surface area contributed by atoms with E-state index in [0.717, 1.165) is 6.42 Å². The topological polar surface area (TPSA) is 81.2 Å². The van der Waals surface area contributed by atoms with E-state index in [1.807, 2.05) is 0 Å². The molecule has 0 aliphatic heterocycles. The molecule has 1 heterocycles. The van der Waals surface area contributed by atoms with Crippen molar-refractivity contribution in [1.82, 2.24) is 9.97 Å². The minimum atomic E-state index is -0.787. The summed E-state index contributed by atoms with van der Waals surface area (Å²) >= 11 is 0. The van der Waals surface area contributed by atoms with E-state index in [1.54, 1.807) is 6.26 Å². The van der Waals surface area contributed by atoms with Crippen molar-refractivity contribution in [2.24, 2.45) is 0 Å². The summed E-state index contributed by atoms with van der Waals surface area (Å²) in [7, 11) is 0.506. The van der Waals surface area contributed by atoms with Crippen molar-refractivity contribution < 1.29 is 13.7 Å². The van der Waals surface area contributed by atoms with Crippen molar-refractivity contribution in [3.05, 3.63) is 18.1 Å². The van der Waals surface area contributed by atoms with Gasteiger partial charge in [0.1, 0.15) is 5.82 Å². The maximum atomic E-state index is 11.2. The van der Waals surface area contributed by atoms with Crippen molar-refractivity contribution in [3.63, 3.8) is 0 Å². The van der Waals surface area contributed by atoms with Crippen LogP contribution < -0.4 is 5.32 Å². The second kappa shape index (κ2) is 6.95. The third kappa shape index (κ3) is 4.90. The van der Waals surface area contributed by atoms with Crippen LogP contribution in [0.1, 0.15) is 16.9 Å². The molecule has 7 heteroatoms. The van der Waals surface area contributed by atoms with Crippen molar-refractivity contribution in [1.29, 1.82) is 0 Å². The Morgan fingerprint density at radius 2 is 2.29 bits per heavy atom. The van der Waals surface area contributed by atoms with E-state index >= 15 is 0 Å². The fourth-order valence-corrected chi connectivity index (χ4v) is 1.70. The summed E-state index contributed by atoms with van der Waals surface area (Å²) < 4.78 is 15.4. The number of methoxy groups -OCH3 is 1. The molecule has 1 rings (SSSR count). The van der Waals surface area contributed by atoms with Crippen LogP contribution in [0.3, 0.4) is 0 Å². The molecule has 17 heavy (non-hydrogen) atoms. The molecule has 6 nitrogen and oxygen atoms in total. The molecule has 94 valence electrons. The summed E-state index contributed by atoms with van der Waals surface area (Å²) in [4.78, 5) is 19.1. The predicted molar refractivity (Wildman–Crippen MR) is 65.4 cm³/mol. The Labute approximate surface area is 102 Å². The smallest absolute Gasteiger partial charge is 0.358 e. The summed E-state index contributed by atoms with van der Waals surface area (Å²) in [5.41, 5.74) is 0.163. The first-order valence-corrected chi connectivity index (χ1v) is 6.80. The number of aromatic nitrogens is 2. The minimum Gasteiger partial charge on any atom is -0.464 e. The van der Waals surface area contributed by atoms with Gasteiger partial charge in [0.25, 0.3) is 0 Å². The zero-order chi connectivity index (χ0) is 12.7. The van der Waals surface area contributed by atoms with Crippen molar-refractivity contribution in [2.45, 2.75) is 6.42 Å². The number of carbonyl (C=O) groups is 1. The van der Waals surface area contributed by atoms with Gasteiger partial charge >= 0.3 is 5.97 Å². The Kier molecular flexibility index (Phi) is 5.55. The van der Waals surface area contributed by atoms with E-state index in [2.05, 4.69) is 20.0 Å². The molecular formula is C10H15N3O3S. The number of carbonyl (C=O) groups excluding carboxylic acids is 1. The molecule has 1 aromatic heterocycles. The maximum Gasteiger partial charge on any atom is 0.358 e. The number of rotatable bonds is 6. The molecular weight excluding hydrogens is 242 g/mol. The second-order valence-electron chi connectivity index (χ2n) is 3.34. The first kappa shape index (κ1) is 13.6. The van der Waals surface area contributed by atoms with Crippen LogP contribution in [0, 0.1) is 0 Å². The molecule has 0 aromatic carbocycles. The first-order chi connectivity index (χ1) is 8.13. The number of hydrogen-bond acceptors (Lipinski definition) is 6. The summed E-state index contributed by atoms with van der Waals surface area (Å²) in [6.45, 7) is 0.638. The molecule has 0 bridgehead atoms. The average Bonchev–Trinajstić information content (AvgIpc) is 2.34. The second-order valence-corrected chi connectivity index (χ2v) is 4.89. The van der Waals surface area contributed by atoms with Gasteiger partial charge in [0.2, 0.25) is 0 Å². The maximum absolute atomic E-state index is 11.2. The van der Waals surface area contributed by atoms with E-state index in [9.17, 15) is 9.00 Å². The highest BCUT2D eigenvalue weighted by Crippen LogP contribution is 2.03. The van der Waals surface area contributed by atoms with Gasteiger partial charge in [-0.2, -0.15) is 0 Å². The van der Waals surface area contributed by atoms with Crippen molar-refractivity contribution in [3.8, 4) is 0 Å². The Hall–Kier alpha value is -1.50. The van der Waals surface area contributed by atoms with Crippen LogP contribution in [0.25, 0.3) is 0 Å². The highest BCUT2D eigenvalue weighted by molar-refractivity contribution is 7.84. The van der Waals surface area contributed by atoms with Crippen LogP contribution in [-0.2, 0) is 15.5 Å². The number of nitrogens with one attached hydrogen (secondary N) is 1. The van der Waals surface area contributed by atoms with Gasteiger partial charge in [-0.05, 0) is 6.42 Å². The summed E-state index contributed by atoms with van der Waals surface area (Å²) in [5, 5.41) is 3.00. The number of nitrogens with zero attached hydrogens (tertiary/aromatic N) is 2. The van der Waals surface area contributed by atoms with Crippen molar-refractivity contribution in [2.75, 3.05) is 31.0 Å². The van der Waals surface area contributed by atoms with E-state index in [-0.39, 0.29) is 5.69 Å². The van der Waals surface area contributed by atoms with Crippen LogP contribution in [0.15, 0.2) is 12.4 Å². The summed E-state index contributed by atoms with van der Waals surface area (Å²) in [5.74, 6) is 0.627. The molecule has 0 amide bonds. The molecule has 0 aliphatic carbocycles. The lowest BCUT2D eigenvalue weighted by Crippen LogP contribution is -2.10. The highest BCUT2D eigenvalue weighted by Gasteiger charge is 2.07.